The zero-order valence-corrected chi connectivity index (χ0v) is 12.4. The number of nitrogen functional groups attached to an aromatic ring is 1. The lowest BCUT2D eigenvalue weighted by atomic mass is 10.1. The topological polar surface area (TPSA) is 76.4 Å². The van der Waals surface area contributed by atoms with Gasteiger partial charge >= 0.3 is 0 Å². The Kier molecular flexibility index (Phi) is 4.45. The number of methoxy groups -OCH3 is 1. The average Bonchev–Trinajstić information content (AvgIpc) is 2.47. The monoisotopic (exact) mass is 285 g/mol. The Morgan fingerprint density at radius 3 is 2.52 bits per heavy atom. The lowest BCUT2D eigenvalue weighted by Crippen LogP contribution is -2.15. The standard InChI is InChI=1S/C16H19N3O2/c1-10-4-7-15(21-3)14(8-10)18-16(20)13-6-5-12(19-17)9-11(13)2/h4-9,19H,17H2,1-3H3,(H,18,20). The Morgan fingerprint density at radius 2 is 1.90 bits per heavy atom. The fraction of sp³-hybridized carbons (Fsp3) is 0.188. The summed E-state index contributed by atoms with van der Waals surface area (Å²) in [6.07, 6.45) is 0. The van der Waals surface area contributed by atoms with E-state index >= 15 is 0 Å². The van der Waals surface area contributed by atoms with Gasteiger partial charge in [0.05, 0.1) is 12.8 Å². The number of hydrazine groups is 1. The maximum atomic E-state index is 12.4. The number of benzene rings is 2. The summed E-state index contributed by atoms with van der Waals surface area (Å²) >= 11 is 0. The fourth-order valence-corrected chi connectivity index (χ4v) is 2.12. The van der Waals surface area contributed by atoms with Crippen molar-refractivity contribution in [2.75, 3.05) is 17.9 Å². The van der Waals surface area contributed by atoms with Crippen molar-refractivity contribution in [3.8, 4) is 5.75 Å². The molecule has 2 aromatic carbocycles. The van der Waals surface area contributed by atoms with Crippen LogP contribution in [0.1, 0.15) is 21.5 Å². The molecule has 0 aliphatic rings. The van der Waals surface area contributed by atoms with Crippen LogP contribution in [0.5, 0.6) is 5.75 Å². The van der Waals surface area contributed by atoms with Crippen molar-refractivity contribution in [1.29, 1.82) is 0 Å². The zero-order chi connectivity index (χ0) is 15.4. The number of amides is 1. The summed E-state index contributed by atoms with van der Waals surface area (Å²) in [5, 5.41) is 2.88. The molecule has 0 aromatic heterocycles. The van der Waals surface area contributed by atoms with Crippen LogP contribution in [0.2, 0.25) is 0 Å². The molecule has 5 nitrogen and oxygen atoms in total. The molecule has 5 heteroatoms. The molecule has 21 heavy (non-hydrogen) atoms. The van der Waals surface area contributed by atoms with Crippen LogP contribution in [0.15, 0.2) is 36.4 Å². The summed E-state index contributed by atoms with van der Waals surface area (Å²) < 4.78 is 5.26. The summed E-state index contributed by atoms with van der Waals surface area (Å²) in [6, 6.07) is 11.0. The average molecular weight is 285 g/mol. The first-order valence-corrected chi connectivity index (χ1v) is 6.58. The fourth-order valence-electron chi connectivity index (χ4n) is 2.12. The van der Waals surface area contributed by atoms with Crippen LogP contribution in [-0.4, -0.2) is 13.0 Å². The molecule has 0 atom stereocenters. The summed E-state index contributed by atoms with van der Waals surface area (Å²) in [5.41, 5.74) is 6.46. The smallest absolute Gasteiger partial charge is 0.256 e. The van der Waals surface area contributed by atoms with Crippen LogP contribution < -0.4 is 21.3 Å². The highest BCUT2D eigenvalue weighted by molar-refractivity contribution is 6.06. The predicted octanol–water partition coefficient (Wildman–Crippen LogP) is 2.85. The third-order valence-corrected chi connectivity index (χ3v) is 3.24. The first-order chi connectivity index (χ1) is 10.0. The number of anilines is 2. The third-order valence-electron chi connectivity index (χ3n) is 3.24. The highest BCUT2D eigenvalue weighted by Crippen LogP contribution is 2.26. The van der Waals surface area contributed by atoms with Crippen molar-refractivity contribution < 1.29 is 9.53 Å². The van der Waals surface area contributed by atoms with Gasteiger partial charge in [-0.1, -0.05) is 6.07 Å². The second-order valence-corrected chi connectivity index (χ2v) is 4.83. The molecular weight excluding hydrogens is 266 g/mol. The van der Waals surface area contributed by atoms with Gasteiger partial charge in [0.15, 0.2) is 0 Å². The van der Waals surface area contributed by atoms with Gasteiger partial charge in [-0.25, -0.2) is 0 Å². The van der Waals surface area contributed by atoms with Crippen LogP contribution in [0.4, 0.5) is 11.4 Å². The van der Waals surface area contributed by atoms with Crippen LogP contribution in [0.3, 0.4) is 0 Å². The van der Waals surface area contributed by atoms with E-state index in [0.29, 0.717) is 17.0 Å². The molecule has 0 aliphatic carbocycles. The van der Waals surface area contributed by atoms with Gasteiger partial charge in [-0.2, -0.15) is 0 Å². The largest absolute Gasteiger partial charge is 0.495 e. The Bertz CT molecular complexity index is 669. The van der Waals surface area contributed by atoms with Crippen molar-refractivity contribution >= 4 is 17.3 Å². The van der Waals surface area contributed by atoms with E-state index in [-0.39, 0.29) is 5.91 Å². The van der Waals surface area contributed by atoms with E-state index in [1.807, 2.05) is 38.1 Å². The quantitative estimate of drug-likeness (QED) is 0.596. The molecule has 110 valence electrons. The highest BCUT2D eigenvalue weighted by Gasteiger charge is 2.12. The number of hydrogen-bond acceptors (Lipinski definition) is 4. The normalized spacial score (nSPS) is 10.1. The third kappa shape index (κ3) is 3.32. The van der Waals surface area contributed by atoms with Crippen molar-refractivity contribution in [3.05, 3.63) is 53.1 Å². The molecule has 0 saturated heterocycles. The van der Waals surface area contributed by atoms with Crippen molar-refractivity contribution in [3.63, 3.8) is 0 Å². The van der Waals surface area contributed by atoms with Crippen LogP contribution in [0, 0.1) is 13.8 Å². The van der Waals surface area contributed by atoms with Gasteiger partial charge in [0, 0.05) is 11.3 Å². The minimum atomic E-state index is -0.181. The maximum absolute atomic E-state index is 12.4. The van der Waals surface area contributed by atoms with Crippen LogP contribution in [0.25, 0.3) is 0 Å². The minimum Gasteiger partial charge on any atom is -0.495 e. The molecule has 0 bridgehead atoms. The van der Waals surface area contributed by atoms with Crippen molar-refractivity contribution in [1.82, 2.24) is 0 Å². The Balaban J connectivity index is 2.28. The van der Waals surface area contributed by atoms with Crippen LogP contribution in [-0.2, 0) is 0 Å². The zero-order valence-electron chi connectivity index (χ0n) is 12.4. The summed E-state index contributed by atoms with van der Waals surface area (Å²) in [6.45, 7) is 3.82. The van der Waals surface area contributed by atoms with Crippen molar-refractivity contribution in [2.24, 2.45) is 5.84 Å². The van der Waals surface area contributed by atoms with Gasteiger partial charge in [-0.15, -0.1) is 0 Å². The second kappa shape index (κ2) is 6.28. The Morgan fingerprint density at radius 1 is 1.14 bits per heavy atom. The highest BCUT2D eigenvalue weighted by atomic mass is 16.5. The van der Waals surface area contributed by atoms with Gasteiger partial charge in [-0.05, 0) is 55.3 Å². The van der Waals surface area contributed by atoms with Gasteiger partial charge in [-0.3, -0.25) is 10.6 Å². The Labute approximate surface area is 124 Å². The maximum Gasteiger partial charge on any atom is 0.256 e. The molecular formula is C16H19N3O2. The minimum absolute atomic E-state index is 0.181. The Hall–Kier alpha value is -2.53. The van der Waals surface area contributed by atoms with E-state index in [1.165, 1.54) is 0 Å². The molecule has 0 unspecified atom stereocenters. The van der Waals surface area contributed by atoms with E-state index in [4.69, 9.17) is 10.6 Å². The van der Waals surface area contributed by atoms with E-state index in [0.717, 1.165) is 16.8 Å². The molecule has 0 radical (unpaired) electrons. The first kappa shape index (κ1) is 14.9. The molecule has 0 saturated carbocycles. The van der Waals surface area contributed by atoms with E-state index in [1.54, 1.807) is 19.2 Å². The molecule has 0 aliphatic heterocycles. The molecule has 0 fully saturated rings. The number of carbonyl (C=O) groups excluding carboxylic acids is 1. The number of nitrogens with one attached hydrogen (secondary N) is 2. The SMILES string of the molecule is COc1ccc(C)cc1NC(=O)c1ccc(NN)cc1C. The molecule has 4 N–H and O–H groups in total. The lowest BCUT2D eigenvalue weighted by molar-refractivity contribution is 0.102. The molecule has 2 rings (SSSR count). The molecule has 0 spiro atoms. The van der Waals surface area contributed by atoms with Gasteiger partial charge < -0.3 is 15.5 Å². The summed E-state index contributed by atoms with van der Waals surface area (Å²) in [5.74, 6) is 5.81. The van der Waals surface area contributed by atoms with Gasteiger partial charge in [0.25, 0.3) is 5.91 Å². The molecule has 0 heterocycles. The van der Waals surface area contributed by atoms with E-state index in [2.05, 4.69) is 10.7 Å². The van der Waals surface area contributed by atoms with Gasteiger partial charge in [0.2, 0.25) is 0 Å². The number of ether oxygens (including phenoxy) is 1. The second-order valence-electron chi connectivity index (χ2n) is 4.83. The predicted molar refractivity (Wildman–Crippen MR) is 84.7 cm³/mol. The lowest BCUT2D eigenvalue weighted by Gasteiger charge is -2.12. The molecule has 1 amide bonds. The summed E-state index contributed by atoms with van der Waals surface area (Å²) in [4.78, 5) is 12.4. The number of rotatable bonds is 4. The summed E-state index contributed by atoms with van der Waals surface area (Å²) in [7, 11) is 1.58. The number of nitrogens with two attached hydrogens (primary N) is 1. The van der Waals surface area contributed by atoms with Crippen LogP contribution >= 0.6 is 0 Å². The van der Waals surface area contributed by atoms with Gasteiger partial charge in [0.1, 0.15) is 5.75 Å². The number of carbonyl (C=O) groups is 1. The van der Waals surface area contributed by atoms with E-state index < -0.39 is 0 Å². The number of hydrogen-bond donors (Lipinski definition) is 3. The number of aryl methyl sites for hydroxylation is 2. The first-order valence-electron chi connectivity index (χ1n) is 6.58. The van der Waals surface area contributed by atoms with E-state index in [9.17, 15) is 4.79 Å². The van der Waals surface area contributed by atoms with Crippen molar-refractivity contribution in [2.45, 2.75) is 13.8 Å². The molecule has 2 aromatic rings.